The fourth-order valence-corrected chi connectivity index (χ4v) is 3.76. The van der Waals surface area contributed by atoms with Crippen molar-refractivity contribution in [2.75, 3.05) is 19.6 Å². The first-order chi connectivity index (χ1) is 10.0. The van der Waals surface area contributed by atoms with Crippen LogP contribution in [-0.4, -0.2) is 37.2 Å². The molecule has 0 aliphatic carbocycles. The summed E-state index contributed by atoms with van der Waals surface area (Å²) in [7, 11) is 0. The molecule has 0 saturated carbocycles. The van der Waals surface area contributed by atoms with Crippen LogP contribution in [0.3, 0.4) is 0 Å². The Morgan fingerprint density at radius 1 is 1.43 bits per heavy atom. The maximum absolute atomic E-state index is 12.5. The first kappa shape index (κ1) is 15.0. The van der Waals surface area contributed by atoms with Gasteiger partial charge in [-0.05, 0) is 50.0 Å². The van der Waals surface area contributed by atoms with E-state index in [2.05, 4.69) is 21.9 Å². The number of rotatable bonds is 4. The molecule has 2 aliphatic rings. The van der Waals surface area contributed by atoms with Gasteiger partial charge in [-0.3, -0.25) is 4.90 Å². The number of hydrogen-bond acceptors (Lipinski definition) is 3. The minimum Gasteiger partial charge on any atom is -0.434 e. The van der Waals surface area contributed by atoms with Crippen LogP contribution in [0.1, 0.15) is 12.5 Å². The SMILES string of the molecule is CC1C2CNCC2CN1Cc1cc(Cl)ccc1OC(F)F. The lowest BCUT2D eigenvalue weighted by Gasteiger charge is -2.25. The van der Waals surface area contributed by atoms with Gasteiger partial charge in [-0.25, -0.2) is 0 Å². The average Bonchev–Trinajstić information content (AvgIpc) is 2.97. The molecule has 6 heteroatoms. The van der Waals surface area contributed by atoms with Gasteiger partial charge in [0.1, 0.15) is 5.75 Å². The van der Waals surface area contributed by atoms with Crippen LogP contribution in [0.25, 0.3) is 0 Å². The van der Waals surface area contributed by atoms with Gasteiger partial charge in [0.05, 0.1) is 0 Å². The predicted molar refractivity (Wildman–Crippen MR) is 77.8 cm³/mol. The Morgan fingerprint density at radius 2 is 2.24 bits per heavy atom. The summed E-state index contributed by atoms with van der Waals surface area (Å²) in [6.07, 6.45) is 0. The highest BCUT2D eigenvalue weighted by atomic mass is 35.5. The van der Waals surface area contributed by atoms with Gasteiger partial charge < -0.3 is 10.1 Å². The monoisotopic (exact) mass is 316 g/mol. The highest BCUT2D eigenvalue weighted by Gasteiger charge is 2.41. The second-order valence-corrected chi connectivity index (χ2v) is 6.32. The Labute approximate surface area is 128 Å². The van der Waals surface area contributed by atoms with Crippen molar-refractivity contribution < 1.29 is 13.5 Å². The van der Waals surface area contributed by atoms with E-state index >= 15 is 0 Å². The van der Waals surface area contributed by atoms with E-state index in [9.17, 15) is 8.78 Å². The molecule has 116 valence electrons. The molecular weight excluding hydrogens is 298 g/mol. The minimum atomic E-state index is -2.82. The summed E-state index contributed by atoms with van der Waals surface area (Å²) in [5.41, 5.74) is 0.725. The molecule has 1 aromatic rings. The molecule has 3 rings (SSSR count). The zero-order valence-electron chi connectivity index (χ0n) is 11.9. The van der Waals surface area contributed by atoms with E-state index in [1.54, 1.807) is 12.1 Å². The van der Waals surface area contributed by atoms with Gasteiger partial charge in [0.25, 0.3) is 0 Å². The van der Waals surface area contributed by atoms with Crippen LogP contribution >= 0.6 is 11.6 Å². The van der Waals surface area contributed by atoms with Crippen LogP contribution in [-0.2, 0) is 6.54 Å². The van der Waals surface area contributed by atoms with Crippen LogP contribution in [0.5, 0.6) is 5.75 Å². The van der Waals surface area contributed by atoms with Crippen molar-refractivity contribution in [3.05, 3.63) is 28.8 Å². The minimum absolute atomic E-state index is 0.219. The van der Waals surface area contributed by atoms with Gasteiger partial charge in [0.15, 0.2) is 0 Å². The Hall–Kier alpha value is -0.910. The zero-order valence-corrected chi connectivity index (χ0v) is 12.6. The van der Waals surface area contributed by atoms with Crippen LogP contribution < -0.4 is 10.1 Å². The molecule has 0 bridgehead atoms. The molecule has 3 atom stereocenters. The van der Waals surface area contributed by atoms with Gasteiger partial charge in [-0.1, -0.05) is 11.6 Å². The zero-order chi connectivity index (χ0) is 15.0. The predicted octanol–water partition coefficient (Wildman–Crippen LogP) is 2.98. The average molecular weight is 317 g/mol. The summed E-state index contributed by atoms with van der Waals surface area (Å²) in [5.74, 6) is 1.51. The second-order valence-electron chi connectivity index (χ2n) is 5.88. The summed E-state index contributed by atoms with van der Waals surface area (Å²) in [6.45, 7) is 3.05. The first-order valence-electron chi connectivity index (χ1n) is 7.22. The molecule has 21 heavy (non-hydrogen) atoms. The van der Waals surface area contributed by atoms with Crippen LogP contribution in [0, 0.1) is 11.8 Å². The Bertz CT molecular complexity index is 514. The van der Waals surface area contributed by atoms with Crippen LogP contribution in [0.15, 0.2) is 18.2 Å². The number of nitrogens with zero attached hydrogens (tertiary/aromatic N) is 1. The highest BCUT2D eigenvalue weighted by Crippen LogP contribution is 2.35. The van der Waals surface area contributed by atoms with Crippen molar-refractivity contribution in [1.29, 1.82) is 0 Å². The molecule has 3 unspecified atom stereocenters. The third-order valence-corrected chi connectivity index (χ3v) is 4.90. The molecular formula is C15H19ClF2N2O. The normalized spacial score (nSPS) is 29.1. The quantitative estimate of drug-likeness (QED) is 0.924. The van der Waals surface area contributed by atoms with Gasteiger partial charge in [-0.15, -0.1) is 0 Å². The van der Waals surface area contributed by atoms with E-state index < -0.39 is 6.61 Å². The van der Waals surface area contributed by atoms with Crippen LogP contribution in [0.4, 0.5) is 8.78 Å². The smallest absolute Gasteiger partial charge is 0.387 e. The van der Waals surface area contributed by atoms with E-state index in [1.165, 1.54) is 6.07 Å². The molecule has 2 heterocycles. The van der Waals surface area contributed by atoms with E-state index in [0.29, 0.717) is 29.4 Å². The molecule has 1 N–H and O–H groups in total. The van der Waals surface area contributed by atoms with Crippen molar-refractivity contribution in [2.45, 2.75) is 26.1 Å². The molecule has 2 saturated heterocycles. The van der Waals surface area contributed by atoms with Crippen molar-refractivity contribution >= 4 is 11.6 Å². The van der Waals surface area contributed by atoms with Crippen LogP contribution in [0.2, 0.25) is 5.02 Å². The van der Waals surface area contributed by atoms with Gasteiger partial charge >= 0.3 is 6.61 Å². The number of fused-ring (bicyclic) bond motifs is 1. The van der Waals surface area contributed by atoms with Crippen molar-refractivity contribution in [3.8, 4) is 5.75 Å². The Balaban J connectivity index is 1.76. The summed E-state index contributed by atoms with van der Waals surface area (Å²) >= 11 is 6.00. The lowest BCUT2D eigenvalue weighted by Crippen LogP contribution is -2.32. The van der Waals surface area contributed by atoms with Gasteiger partial charge in [0.2, 0.25) is 0 Å². The third kappa shape index (κ3) is 3.15. The fourth-order valence-electron chi connectivity index (χ4n) is 3.57. The number of hydrogen-bond donors (Lipinski definition) is 1. The second kappa shape index (κ2) is 6.07. The number of alkyl halides is 2. The number of halogens is 3. The van der Waals surface area contributed by atoms with Crippen molar-refractivity contribution in [3.63, 3.8) is 0 Å². The van der Waals surface area contributed by atoms with Crippen molar-refractivity contribution in [1.82, 2.24) is 10.2 Å². The van der Waals surface area contributed by atoms with Crippen molar-refractivity contribution in [2.24, 2.45) is 11.8 Å². The topological polar surface area (TPSA) is 24.5 Å². The maximum atomic E-state index is 12.5. The fraction of sp³-hybridized carbons (Fsp3) is 0.600. The van der Waals surface area contributed by atoms with E-state index in [4.69, 9.17) is 11.6 Å². The number of likely N-dealkylation sites (tertiary alicyclic amines) is 1. The molecule has 0 radical (unpaired) electrons. The molecule has 0 aromatic heterocycles. The van der Waals surface area contributed by atoms with E-state index in [0.717, 1.165) is 25.2 Å². The first-order valence-corrected chi connectivity index (χ1v) is 7.60. The number of nitrogens with one attached hydrogen (secondary N) is 1. The third-order valence-electron chi connectivity index (χ3n) is 4.67. The molecule has 2 fully saturated rings. The standard InChI is InChI=1S/C15H19ClF2N2O/c1-9-13-6-19-5-11(13)8-20(9)7-10-4-12(16)2-3-14(10)21-15(17)18/h2-4,9,11,13,15,19H,5-8H2,1H3. The lowest BCUT2D eigenvalue weighted by molar-refractivity contribution is -0.0508. The Kier molecular flexibility index (Phi) is 4.33. The number of ether oxygens (including phenoxy) is 1. The molecule has 1 aromatic carbocycles. The molecule has 2 aliphatic heterocycles. The summed E-state index contributed by atoms with van der Waals surface area (Å²) in [5, 5.41) is 3.96. The summed E-state index contributed by atoms with van der Waals surface area (Å²) in [6, 6.07) is 5.25. The number of benzene rings is 1. The summed E-state index contributed by atoms with van der Waals surface area (Å²) < 4.78 is 29.6. The Morgan fingerprint density at radius 3 is 2.95 bits per heavy atom. The van der Waals surface area contributed by atoms with Gasteiger partial charge in [-0.2, -0.15) is 8.78 Å². The maximum Gasteiger partial charge on any atom is 0.387 e. The molecule has 0 spiro atoms. The largest absolute Gasteiger partial charge is 0.434 e. The summed E-state index contributed by atoms with van der Waals surface area (Å²) in [4.78, 5) is 2.33. The highest BCUT2D eigenvalue weighted by molar-refractivity contribution is 6.30. The van der Waals surface area contributed by atoms with Gasteiger partial charge in [0, 0.05) is 29.7 Å². The van der Waals surface area contributed by atoms with E-state index in [-0.39, 0.29) is 5.75 Å². The van der Waals surface area contributed by atoms with E-state index in [1.807, 2.05) is 0 Å². The lowest BCUT2D eigenvalue weighted by atomic mass is 9.95. The molecule has 0 amide bonds. The molecule has 3 nitrogen and oxygen atoms in total.